The Labute approximate surface area is 112 Å². The van der Waals surface area contributed by atoms with E-state index in [0.717, 1.165) is 12.1 Å². The number of nitro groups is 1. The molecule has 19 heavy (non-hydrogen) atoms. The maximum absolute atomic E-state index is 11.1. The number of nitrogens with two attached hydrogens (primary N) is 1. The van der Waals surface area contributed by atoms with Crippen molar-refractivity contribution in [2.75, 3.05) is 18.0 Å². The molecular formula is C13H20N4O2. The van der Waals surface area contributed by atoms with E-state index in [1.165, 1.54) is 6.07 Å². The van der Waals surface area contributed by atoms with Crippen molar-refractivity contribution < 1.29 is 4.92 Å². The van der Waals surface area contributed by atoms with Crippen molar-refractivity contribution in [3.63, 3.8) is 0 Å². The molecule has 2 rings (SSSR count). The lowest BCUT2D eigenvalue weighted by Crippen LogP contribution is -2.52. The van der Waals surface area contributed by atoms with Crippen LogP contribution < -0.4 is 10.6 Å². The Bertz CT molecular complexity index is 501. The van der Waals surface area contributed by atoms with Gasteiger partial charge < -0.3 is 10.6 Å². The molecule has 1 fully saturated rings. The lowest BCUT2D eigenvalue weighted by Gasteiger charge is -2.42. The van der Waals surface area contributed by atoms with Crippen molar-refractivity contribution in [1.82, 2.24) is 4.98 Å². The molecule has 1 atom stereocenters. The molecule has 2 heterocycles. The third-order valence-electron chi connectivity index (χ3n) is 3.80. The summed E-state index contributed by atoms with van der Waals surface area (Å²) in [5, 5.41) is 11.1. The standard InChI is InChI=1S/C13H20N4O2/c1-9-4-5-10(17(18)19)12(15-9)16-7-6-11(14)13(2,3)8-16/h4-5,11H,6-8,14H2,1-3H3. The molecule has 1 unspecified atom stereocenters. The molecule has 1 aromatic rings. The van der Waals surface area contributed by atoms with Crippen LogP contribution in [0.15, 0.2) is 12.1 Å². The number of pyridine rings is 1. The number of anilines is 1. The van der Waals surface area contributed by atoms with Gasteiger partial charge in [-0.3, -0.25) is 10.1 Å². The minimum atomic E-state index is -0.372. The molecule has 0 saturated carbocycles. The number of nitrogens with zero attached hydrogens (tertiary/aromatic N) is 3. The highest BCUT2D eigenvalue weighted by atomic mass is 16.6. The highest BCUT2D eigenvalue weighted by Gasteiger charge is 2.36. The summed E-state index contributed by atoms with van der Waals surface area (Å²) in [6.45, 7) is 7.41. The Hall–Kier alpha value is -1.69. The van der Waals surface area contributed by atoms with E-state index in [1.54, 1.807) is 6.07 Å². The van der Waals surface area contributed by atoms with E-state index in [2.05, 4.69) is 18.8 Å². The maximum Gasteiger partial charge on any atom is 0.311 e. The quantitative estimate of drug-likeness (QED) is 0.651. The number of hydrogen-bond donors (Lipinski definition) is 1. The predicted octanol–water partition coefficient (Wildman–Crippen LogP) is 1.86. The lowest BCUT2D eigenvalue weighted by atomic mass is 9.79. The van der Waals surface area contributed by atoms with E-state index in [4.69, 9.17) is 5.73 Å². The third kappa shape index (κ3) is 2.68. The van der Waals surface area contributed by atoms with Gasteiger partial charge in [-0.15, -0.1) is 0 Å². The van der Waals surface area contributed by atoms with E-state index in [1.807, 2.05) is 11.8 Å². The summed E-state index contributed by atoms with van der Waals surface area (Å²) in [5.41, 5.74) is 6.88. The van der Waals surface area contributed by atoms with E-state index < -0.39 is 0 Å². The number of aromatic nitrogens is 1. The fraction of sp³-hybridized carbons (Fsp3) is 0.615. The molecular weight excluding hydrogens is 244 g/mol. The van der Waals surface area contributed by atoms with E-state index >= 15 is 0 Å². The van der Waals surface area contributed by atoms with Crippen LogP contribution in [0.25, 0.3) is 0 Å². The molecule has 1 saturated heterocycles. The van der Waals surface area contributed by atoms with Crippen LogP contribution in [0.1, 0.15) is 26.0 Å². The summed E-state index contributed by atoms with van der Waals surface area (Å²) >= 11 is 0. The SMILES string of the molecule is Cc1ccc([N+](=O)[O-])c(N2CCC(N)C(C)(C)C2)n1. The van der Waals surface area contributed by atoms with Gasteiger partial charge in [0.25, 0.3) is 0 Å². The highest BCUT2D eigenvalue weighted by molar-refractivity contribution is 5.58. The number of rotatable bonds is 2. The number of aryl methyl sites for hydroxylation is 1. The second-order valence-corrected chi connectivity index (χ2v) is 5.86. The summed E-state index contributed by atoms with van der Waals surface area (Å²) in [6.07, 6.45) is 0.819. The molecule has 6 heteroatoms. The fourth-order valence-corrected chi connectivity index (χ4v) is 2.47. The molecule has 0 bridgehead atoms. The lowest BCUT2D eigenvalue weighted by molar-refractivity contribution is -0.384. The molecule has 0 aliphatic carbocycles. The van der Waals surface area contributed by atoms with Crippen molar-refractivity contribution in [1.29, 1.82) is 0 Å². The average Bonchev–Trinajstić information content (AvgIpc) is 2.32. The first-order valence-electron chi connectivity index (χ1n) is 6.44. The van der Waals surface area contributed by atoms with Gasteiger partial charge in [0.05, 0.1) is 4.92 Å². The summed E-state index contributed by atoms with van der Waals surface area (Å²) in [4.78, 5) is 17.1. The Morgan fingerprint density at radius 3 is 2.79 bits per heavy atom. The monoisotopic (exact) mass is 264 g/mol. The second kappa shape index (κ2) is 4.77. The zero-order chi connectivity index (χ0) is 14.2. The largest absolute Gasteiger partial charge is 0.350 e. The van der Waals surface area contributed by atoms with Gasteiger partial charge >= 0.3 is 5.69 Å². The minimum absolute atomic E-state index is 0.0665. The first kappa shape index (κ1) is 13.7. The van der Waals surface area contributed by atoms with Gasteiger partial charge in [0, 0.05) is 30.9 Å². The number of hydrogen-bond acceptors (Lipinski definition) is 5. The van der Waals surface area contributed by atoms with Gasteiger partial charge in [0.2, 0.25) is 5.82 Å². The zero-order valence-electron chi connectivity index (χ0n) is 11.6. The molecule has 0 radical (unpaired) electrons. The highest BCUT2D eigenvalue weighted by Crippen LogP contribution is 2.34. The van der Waals surface area contributed by atoms with Gasteiger partial charge in [-0.05, 0) is 24.8 Å². The van der Waals surface area contributed by atoms with Crippen LogP contribution in [0.4, 0.5) is 11.5 Å². The van der Waals surface area contributed by atoms with Crippen molar-refractivity contribution >= 4 is 11.5 Å². The van der Waals surface area contributed by atoms with Gasteiger partial charge in [0.15, 0.2) is 0 Å². The molecule has 2 N–H and O–H groups in total. The molecule has 6 nitrogen and oxygen atoms in total. The van der Waals surface area contributed by atoms with Gasteiger partial charge in [-0.1, -0.05) is 13.8 Å². The van der Waals surface area contributed by atoms with Crippen LogP contribution in [0.3, 0.4) is 0 Å². The summed E-state index contributed by atoms with van der Waals surface area (Å²) in [6, 6.07) is 3.31. The average molecular weight is 264 g/mol. The Morgan fingerprint density at radius 1 is 1.53 bits per heavy atom. The van der Waals surface area contributed by atoms with E-state index in [0.29, 0.717) is 18.9 Å². The molecule has 1 aromatic heterocycles. The topological polar surface area (TPSA) is 85.3 Å². The third-order valence-corrected chi connectivity index (χ3v) is 3.80. The van der Waals surface area contributed by atoms with Crippen LogP contribution in [0.5, 0.6) is 0 Å². The Balaban J connectivity index is 2.36. The van der Waals surface area contributed by atoms with Crippen molar-refractivity contribution in [2.45, 2.75) is 33.2 Å². The Kier molecular flexibility index (Phi) is 3.45. The van der Waals surface area contributed by atoms with Crippen LogP contribution in [0.2, 0.25) is 0 Å². The van der Waals surface area contributed by atoms with Crippen LogP contribution >= 0.6 is 0 Å². The van der Waals surface area contributed by atoms with Gasteiger partial charge in [-0.25, -0.2) is 4.98 Å². The molecule has 104 valence electrons. The van der Waals surface area contributed by atoms with Crippen molar-refractivity contribution in [2.24, 2.45) is 11.1 Å². The molecule has 0 amide bonds. The van der Waals surface area contributed by atoms with Crippen LogP contribution in [-0.4, -0.2) is 29.0 Å². The molecule has 0 spiro atoms. The van der Waals surface area contributed by atoms with Crippen LogP contribution in [-0.2, 0) is 0 Å². The summed E-state index contributed by atoms with van der Waals surface area (Å²) in [5.74, 6) is 0.463. The van der Waals surface area contributed by atoms with E-state index in [9.17, 15) is 10.1 Å². The maximum atomic E-state index is 11.1. The minimum Gasteiger partial charge on any atom is -0.350 e. The number of piperidine rings is 1. The molecule has 1 aliphatic heterocycles. The normalized spacial score (nSPS) is 22.3. The first-order valence-corrected chi connectivity index (χ1v) is 6.44. The second-order valence-electron chi connectivity index (χ2n) is 5.86. The zero-order valence-corrected chi connectivity index (χ0v) is 11.6. The smallest absolute Gasteiger partial charge is 0.311 e. The van der Waals surface area contributed by atoms with Crippen LogP contribution in [0, 0.1) is 22.5 Å². The van der Waals surface area contributed by atoms with Crippen molar-refractivity contribution in [3.05, 3.63) is 27.9 Å². The molecule has 1 aliphatic rings. The first-order chi connectivity index (χ1) is 8.81. The summed E-state index contributed by atoms with van der Waals surface area (Å²) < 4.78 is 0. The van der Waals surface area contributed by atoms with Gasteiger partial charge in [0.1, 0.15) is 0 Å². The Morgan fingerprint density at radius 2 is 2.21 bits per heavy atom. The fourth-order valence-electron chi connectivity index (χ4n) is 2.47. The summed E-state index contributed by atoms with van der Waals surface area (Å²) in [7, 11) is 0. The molecule has 0 aromatic carbocycles. The van der Waals surface area contributed by atoms with Crippen molar-refractivity contribution in [3.8, 4) is 0 Å². The predicted molar refractivity (Wildman–Crippen MR) is 74.2 cm³/mol. The van der Waals surface area contributed by atoms with Gasteiger partial charge in [-0.2, -0.15) is 0 Å². The van der Waals surface area contributed by atoms with E-state index in [-0.39, 0.29) is 22.1 Å².